The third-order valence-electron chi connectivity index (χ3n) is 4.86. The molecule has 3 heterocycles. The minimum absolute atomic E-state index is 0.0467. The summed E-state index contributed by atoms with van der Waals surface area (Å²) in [5.74, 6) is -0.456. The number of piperidine rings is 1. The number of aromatic nitrogens is 1. The van der Waals surface area contributed by atoms with Crippen LogP contribution in [0.1, 0.15) is 19.3 Å². The van der Waals surface area contributed by atoms with Gasteiger partial charge in [0.2, 0.25) is 6.29 Å². The first-order valence-corrected chi connectivity index (χ1v) is 8.75. The first-order chi connectivity index (χ1) is 12.7. The topological polar surface area (TPSA) is 97.1 Å². The molecule has 8 nitrogen and oxygen atoms in total. The van der Waals surface area contributed by atoms with Crippen LogP contribution in [0.15, 0.2) is 35.5 Å². The second kappa shape index (κ2) is 7.15. The van der Waals surface area contributed by atoms with Gasteiger partial charge in [-0.3, -0.25) is 4.79 Å². The van der Waals surface area contributed by atoms with Gasteiger partial charge in [-0.15, -0.1) is 0 Å². The number of oxazole rings is 1. The van der Waals surface area contributed by atoms with Crippen LogP contribution in [0.5, 0.6) is 0 Å². The van der Waals surface area contributed by atoms with Gasteiger partial charge in [0.1, 0.15) is 18.0 Å². The Morgan fingerprint density at radius 3 is 2.77 bits per heavy atom. The normalized spacial score (nSPS) is 18.1. The number of benzene rings is 1. The van der Waals surface area contributed by atoms with Crippen LogP contribution >= 0.6 is 0 Å². The van der Waals surface area contributed by atoms with Crippen LogP contribution in [0.25, 0.3) is 11.1 Å². The van der Waals surface area contributed by atoms with E-state index < -0.39 is 5.97 Å². The van der Waals surface area contributed by atoms with Crippen molar-refractivity contribution in [2.24, 2.45) is 5.92 Å². The molecule has 2 aromatic rings. The van der Waals surface area contributed by atoms with Crippen LogP contribution in [0.3, 0.4) is 0 Å². The molecule has 1 aromatic heterocycles. The van der Waals surface area contributed by atoms with Gasteiger partial charge < -0.3 is 29.2 Å². The van der Waals surface area contributed by atoms with Crippen molar-refractivity contribution in [3.05, 3.63) is 31.1 Å². The average molecular weight is 359 g/mol. The number of hydrogen-bond donors (Lipinski definition) is 2. The number of anilines is 2. The highest BCUT2D eigenvalue weighted by atomic mass is 16.7. The minimum Gasteiger partial charge on any atom is -0.481 e. The molecule has 1 fully saturated rings. The van der Waals surface area contributed by atoms with E-state index in [1.165, 1.54) is 6.39 Å². The third-order valence-corrected chi connectivity index (χ3v) is 4.86. The number of carbonyl (C=O) groups is 1. The van der Waals surface area contributed by atoms with Gasteiger partial charge in [-0.05, 0) is 25.0 Å². The number of nitrogens with zero attached hydrogens (tertiary/aromatic N) is 2. The van der Waals surface area contributed by atoms with Crippen molar-refractivity contribution < 1.29 is 23.8 Å². The molecular weight excluding hydrogens is 338 g/mol. The van der Waals surface area contributed by atoms with Crippen LogP contribution in [-0.4, -0.2) is 42.0 Å². The molecule has 0 radical (unpaired) electrons. The lowest BCUT2D eigenvalue weighted by molar-refractivity contribution is -0.136. The van der Waals surface area contributed by atoms with E-state index in [9.17, 15) is 4.79 Å². The van der Waals surface area contributed by atoms with Gasteiger partial charge in [0.05, 0.1) is 17.8 Å². The SMILES string of the molecule is O=C(O)CCNc1ccc(N2CCC(C3OC=CO3)CC2)c2ncoc12. The number of carboxylic acid groups (broad SMARTS) is 1. The van der Waals surface area contributed by atoms with Crippen LogP contribution in [-0.2, 0) is 14.3 Å². The number of nitrogens with one attached hydrogen (secondary N) is 1. The summed E-state index contributed by atoms with van der Waals surface area (Å²) in [6, 6.07) is 3.93. The van der Waals surface area contributed by atoms with Crippen molar-refractivity contribution in [3.63, 3.8) is 0 Å². The predicted octanol–water partition coefficient (Wildman–Crippen LogP) is 2.77. The molecule has 138 valence electrons. The molecule has 0 aliphatic carbocycles. The fourth-order valence-electron chi connectivity index (χ4n) is 3.52. The lowest BCUT2D eigenvalue weighted by Gasteiger charge is -2.35. The van der Waals surface area contributed by atoms with Crippen molar-refractivity contribution >= 4 is 28.4 Å². The largest absolute Gasteiger partial charge is 0.481 e. The summed E-state index contributed by atoms with van der Waals surface area (Å²) in [6.07, 6.45) is 6.47. The Kier molecular flexibility index (Phi) is 4.55. The van der Waals surface area contributed by atoms with E-state index in [1.807, 2.05) is 12.1 Å². The van der Waals surface area contributed by atoms with Gasteiger partial charge >= 0.3 is 5.97 Å². The van der Waals surface area contributed by atoms with E-state index in [4.69, 9.17) is 19.0 Å². The van der Waals surface area contributed by atoms with Gasteiger partial charge in [-0.25, -0.2) is 4.98 Å². The van der Waals surface area contributed by atoms with Crippen molar-refractivity contribution in [3.8, 4) is 0 Å². The van der Waals surface area contributed by atoms with Crippen LogP contribution < -0.4 is 10.2 Å². The number of aliphatic carboxylic acids is 1. The van der Waals surface area contributed by atoms with E-state index in [1.54, 1.807) is 12.5 Å². The predicted molar refractivity (Wildman–Crippen MR) is 94.8 cm³/mol. The molecule has 0 bridgehead atoms. The van der Waals surface area contributed by atoms with E-state index in [0.29, 0.717) is 18.0 Å². The van der Waals surface area contributed by atoms with Crippen molar-refractivity contribution in [1.82, 2.24) is 4.98 Å². The zero-order valence-electron chi connectivity index (χ0n) is 14.3. The van der Waals surface area contributed by atoms with Crippen molar-refractivity contribution in [2.75, 3.05) is 29.9 Å². The molecule has 2 aliphatic heterocycles. The maximum absolute atomic E-state index is 10.7. The Morgan fingerprint density at radius 1 is 1.27 bits per heavy atom. The van der Waals surface area contributed by atoms with E-state index >= 15 is 0 Å². The Hall–Kier alpha value is -2.90. The number of ether oxygens (including phenoxy) is 2. The zero-order valence-corrected chi connectivity index (χ0v) is 14.3. The molecular formula is C18H21N3O5. The Morgan fingerprint density at radius 2 is 2.04 bits per heavy atom. The Bertz CT molecular complexity index is 802. The summed E-state index contributed by atoms with van der Waals surface area (Å²) >= 11 is 0. The lowest BCUT2D eigenvalue weighted by Crippen LogP contribution is -2.38. The standard InChI is InChI=1S/C18H21N3O5/c22-15(23)3-6-19-13-1-2-14(16-17(13)26-11-20-16)21-7-4-12(5-8-21)18-24-9-10-25-18/h1-2,9-12,18-19H,3-8H2,(H,22,23). The quantitative estimate of drug-likeness (QED) is 0.813. The molecule has 0 amide bonds. The smallest absolute Gasteiger partial charge is 0.305 e. The molecule has 0 saturated carbocycles. The first kappa shape index (κ1) is 16.6. The lowest BCUT2D eigenvalue weighted by atomic mass is 9.95. The maximum atomic E-state index is 10.7. The molecule has 0 unspecified atom stereocenters. The second-order valence-corrected chi connectivity index (χ2v) is 6.47. The molecule has 26 heavy (non-hydrogen) atoms. The van der Waals surface area contributed by atoms with Crippen LogP contribution in [0, 0.1) is 5.92 Å². The Labute approximate surface area is 150 Å². The maximum Gasteiger partial charge on any atom is 0.305 e. The fourth-order valence-corrected chi connectivity index (χ4v) is 3.52. The summed E-state index contributed by atoms with van der Waals surface area (Å²) in [6.45, 7) is 2.12. The third kappa shape index (κ3) is 3.26. The van der Waals surface area contributed by atoms with Gasteiger partial charge in [0.25, 0.3) is 0 Å². The second-order valence-electron chi connectivity index (χ2n) is 6.47. The fraction of sp³-hybridized carbons (Fsp3) is 0.444. The molecule has 0 spiro atoms. The van der Waals surface area contributed by atoms with Crippen molar-refractivity contribution in [1.29, 1.82) is 0 Å². The highest BCUT2D eigenvalue weighted by Crippen LogP contribution is 2.35. The molecule has 1 saturated heterocycles. The highest BCUT2D eigenvalue weighted by Gasteiger charge is 2.30. The molecule has 1 aromatic carbocycles. The number of carboxylic acids is 1. The van der Waals surface area contributed by atoms with Gasteiger partial charge in [-0.2, -0.15) is 0 Å². The highest BCUT2D eigenvalue weighted by molar-refractivity contribution is 5.95. The summed E-state index contributed by atoms with van der Waals surface area (Å²) in [7, 11) is 0. The van der Waals surface area contributed by atoms with Crippen LogP contribution in [0.2, 0.25) is 0 Å². The zero-order chi connectivity index (χ0) is 17.9. The van der Waals surface area contributed by atoms with Crippen molar-refractivity contribution in [2.45, 2.75) is 25.6 Å². The van der Waals surface area contributed by atoms with Gasteiger partial charge in [0.15, 0.2) is 12.0 Å². The van der Waals surface area contributed by atoms with Gasteiger partial charge in [-0.1, -0.05) is 0 Å². The summed E-state index contributed by atoms with van der Waals surface area (Å²) in [5, 5.41) is 11.9. The van der Waals surface area contributed by atoms with Gasteiger partial charge in [0, 0.05) is 25.6 Å². The monoisotopic (exact) mass is 359 g/mol. The van der Waals surface area contributed by atoms with E-state index in [0.717, 1.165) is 42.8 Å². The van der Waals surface area contributed by atoms with E-state index in [2.05, 4.69) is 15.2 Å². The van der Waals surface area contributed by atoms with Crippen LogP contribution in [0.4, 0.5) is 11.4 Å². The molecule has 2 N–H and O–H groups in total. The number of fused-ring (bicyclic) bond motifs is 1. The number of hydrogen-bond acceptors (Lipinski definition) is 7. The molecule has 0 atom stereocenters. The molecule has 2 aliphatic rings. The summed E-state index contributed by atoms with van der Waals surface area (Å²) in [4.78, 5) is 17.3. The summed E-state index contributed by atoms with van der Waals surface area (Å²) < 4.78 is 16.5. The summed E-state index contributed by atoms with van der Waals surface area (Å²) in [5.41, 5.74) is 3.24. The molecule has 8 heteroatoms. The number of rotatable bonds is 6. The van der Waals surface area contributed by atoms with E-state index in [-0.39, 0.29) is 12.7 Å². The Balaban J connectivity index is 1.46. The molecule has 4 rings (SSSR count). The average Bonchev–Trinajstić information content (AvgIpc) is 3.34. The minimum atomic E-state index is -0.837. The first-order valence-electron chi connectivity index (χ1n) is 8.75.